The molecular formula is C19H32FIN4O2. The zero-order valence-electron chi connectivity index (χ0n) is 16.4. The molecule has 0 aromatic heterocycles. The summed E-state index contributed by atoms with van der Waals surface area (Å²) >= 11 is 0. The molecular weight excluding hydrogens is 462 g/mol. The number of nitrogens with one attached hydrogen (secondary N) is 2. The van der Waals surface area contributed by atoms with Gasteiger partial charge in [0.2, 0.25) is 0 Å². The zero-order valence-corrected chi connectivity index (χ0v) is 18.8. The Labute approximate surface area is 178 Å². The summed E-state index contributed by atoms with van der Waals surface area (Å²) in [7, 11) is 0. The minimum atomic E-state index is -0.885. The summed E-state index contributed by atoms with van der Waals surface area (Å²) in [5, 5.41) is 17.0. The summed E-state index contributed by atoms with van der Waals surface area (Å²) in [5.41, 5.74) is 0.552. The summed E-state index contributed by atoms with van der Waals surface area (Å²) in [6, 6.07) is 5.14. The molecule has 1 aromatic rings. The monoisotopic (exact) mass is 494 g/mol. The number of aryl methyl sites for hydroxylation is 1. The van der Waals surface area contributed by atoms with Crippen molar-refractivity contribution in [3.05, 3.63) is 35.1 Å². The number of hydrogen-bond donors (Lipinski definition) is 3. The zero-order chi connectivity index (χ0) is 19.0. The average molecular weight is 494 g/mol. The highest BCUT2D eigenvalue weighted by molar-refractivity contribution is 14.0. The van der Waals surface area contributed by atoms with E-state index in [0.29, 0.717) is 50.9 Å². The first kappa shape index (κ1) is 24.1. The molecule has 154 valence electrons. The Morgan fingerprint density at radius 3 is 2.67 bits per heavy atom. The first-order chi connectivity index (χ1) is 12.4. The highest BCUT2D eigenvalue weighted by Gasteiger charge is 2.25. The van der Waals surface area contributed by atoms with Crippen LogP contribution in [0.3, 0.4) is 0 Å². The number of ether oxygens (including phenoxy) is 1. The van der Waals surface area contributed by atoms with Crippen molar-refractivity contribution in [2.45, 2.75) is 32.9 Å². The normalized spacial score (nSPS) is 17.7. The Kier molecular flexibility index (Phi) is 10.5. The molecule has 0 aliphatic carbocycles. The molecule has 8 heteroatoms. The number of guanidine groups is 1. The minimum Gasteiger partial charge on any atom is -0.387 e. The molecule has 1 heterocycles. The van der Waals surface area contributed by atoms with Crippen LogP contribution in [0.1, 0.15) is 25.0 Å². The molecule has 1 unspecified atom stereocenters. The topological polar surface area (TPSA) is 69.1 Å². The van der Waals surface area contributed by atoms with E-state index in [0.717, 1.165) is 18.7 Å². The fourth-order valence-corrected chi connectivity index (χ4v) is 2.82. The highest BCUT2D eigenvalue weighted by Crippen LogP contribution is 2.10. The molecule has 1 aliphatic heterocycles. The number of aliphatic hydroxyl groups is 1. The second-order valence-electron chi connectivity index (χ2n) is 7.02. The van der Waals surface area contributed by atoms with Crippen LogP contribution >= 0.6 is 24.0 Å². The van der Waals surface area contributed by atoms with E-state index in [9.17, 15) is 9.50 Å². The third kappa shape index (κ3) is 8.71. The van der Waals surface area contributed by atoms with Gasteiger partial charge in [-0.25, -0.2) is 9.38 Å². The van der Waals surface area contributed by atoms with Crippen molar-refractivity contribution in [1.29, 1.82) is 0 Å². The third-order valence-corrected chi connectivity index (χ3v) is 4.30. The molecule has 6 nitrogen and oxygen atoms in total. The van der Waals surface area contributed by atoms with E-state index in [4.69, 9.17) is 4.74 Å². The quantitative estimate of drug-likeness (QED) is 0.307. The molecule has 1 atom stereocenters. The van der Waals surface area contributed by atoms with Crippen molar-refractivity contribution in [1.82, 2.24) is 15.5 Å². The number of aliphatic imine (C=N–C) groups is 1. The van der Waals surface area contributed by atoms with Gasteiger partial charge in [0, 0.05) is 32.7 Å². The van der Waals surface area contributed by atoms with Crippen molar-refractivity contribution >= 4 is 29.9 Å². The number of benzene rings is 1. The fourth-order valence-electron chi connectivity index (χ4n) is 2.82. The van der Waals surface area contributed by atoms with Crippen LogP contribution in [-0.2, 0) is 11.3 Å². The Morgan fingerprint density at radius 2 is 2.04 bits per heavy atom. The number of morpholine rings is 1. The van der Waals surface area contributed by atoms with Gasteiger partial charge in [0.15, 0.2) is 5.96 Å². The molecule has 1 aromatic carbocycles. The maximum Gasteiger partial charge on any atom is 0.191 e. The predicted molar refractivity (Wildman–Crippen MR) is 117 cm³/mol. The van der Waals surface area contributed by atoms with Crippen LogP contribution in [0, 0.1) is 12.7 Å². The third-order valence-electron chi connectivity index (χ3n) is 4.30. The van der Waals surface area contributed by atoms with Gasteiger partial charge < -0.3 is 20.5 Å². The van der Waals surface area contributed by atoms with Gasteiger partial charge in [-0.3, -0.25) is 4.90 Å². The molecule has 0 spiro atoms. The molecule has 0 radical (unpaired) electrons. The van der Waals surface area contributed by atoms with Crippen molar-refractivity contribution < 1.29 is 14.2 Å². The molecule has 0 amide bonds. The molecule has 1 aliphatic rings. The molecule has 1 fully saturated rings. The van der Waals surface area contributed by atoms with E-state index in [-0.39, 0.29) is 29.8 Å². The van der Waals surface area contributed by atoms with E-state index in [1.165, 1.54) is 6.07 Å². The van der Waals surface area contributed by atoms with E-state index in [1.807, 2.05) is 19.9 Å². The van der Waals surface area contributed by atoms with Crippen LogP contribution in [0.2, 0.25) is 0 Å². The molecule has 0 bridgehead atoms. The van der Waals surface area contributed by atoms with Gasteiger partial charge in [0.05, 0.1) is 25.4 Å². The van der Waals surface area contributed by atoms with Crippen molar-refractivity contribution in [2.24, 2.45) is 4.99 Å². The first-order valence-electron chi connectivity index (χ1n) is 9.19. The Bertz CT molecular complexity index is 607. The van der Waals surface area contributed by atoms with E-state index < -0.39 is 5.60 Å². The second kappa shape index (κ2) is 11.8. The van der Waals surface area contributed by atoms with Gasteiger partial charge in [-0.2, -0.15) is 0 Å². The number of hydrogen-bond acceptors (Lipinski definition) is 4. The van der Waals surface area contributed by atoms with Gasteiger partial charge in [0.1, 0.15) is 5.82 Å². The van der Waals surface area contributed by atoms with Gasteiger partial charge in [-0.05, 0) is 38.0 Å². The van der Waals surface area contributed by atoms with Gasteiger partial charge >= 0.3 is 0 Å². The second-order valence-corrected chi connectivity index (χ2v) is 7.02. The highest BCUT2D eigenvalue weighted by atomic mass is 127. The predicted octanol–water partition coefficient (Wildman–Crippen LogP) is 1.89. The van der Waals surface area contributed by atoms with Crippen molar-refractivity contribution in [3.63, 3.8) is 0 Å². The lowest BCUT2D eigenvalue weighted by molar-refractivity contribution is -0.0201. The van der Waals surface area contributed by atoms with Crippen LogP contribution < -0.4 is 10.6 Å². The number of rotatable bonds is 7. The van der Waals surface area contributed by atoms with Crippen LogP contribution in [0.15, 0.2) is 23.2 Å². The summed E-state index contributed by atoms with van der Waals surface area (Å²) in [6.45, 7) is 10.7. The number of nitrogens with zero attached hydrogens (tertiary/aromatic N) is 2. The summed E-state index contributed by atoms with van der Waals surface area (Å²) in [5.74, 6) is 0.389. The van der Waals surface area contributed by atoms with Crippen molar-refractivity contribution in [2.75, 3.05) is 45.9 Å². The van der Waals surface area contributed by atoms with Crippen molar-refractivity contribution in [3.8, 4) is 0 Å². The summed E-state index contributed by atoms with van der Waals surface area (Å²) < 4.78 is 19.0. The maximum atomic E-state index is 13.7. The van der Waals surface area contributed by atoms with Crippen LogP contribution in [-0.4, -0.2) is 67.5 Å². The molecule has 27 heavy (non-hydrogen) atoms. The minimum absolute atomic E-state index is 0. The van der Waals surface area contributed by atoms with E-state index in [1.54, 1.807) is 13.0 Å². The van der Waals surface area contributed by atoms with Gasteiger partial charge in [-0.1, -0.05) is 12.1 Å². The standard InChI is InChI=1S/C19H31FN4O2.HI/c1-4-21-18(22-12-16-6-5-15(2)17(20)11-16)23-13-19(3,25)14-24-7-9-26-10-8-24;/h5-6,11,25H,4,7-10,12-14H2,1-3H3,(H2,21,22,23);1H. The average Bonchev–Trinajstić information content (AvgIpc) is 2.61. The smallest absolute Gasteiger partial charge is 0.191 e. The van der Waals surface area contributed by atoms with Crippen LogP contribution in [0.25, 0.3) is 0 Å². The lowest BCUT2D eigenvalue weighted by Gasteiger charge is -2.34. The van der Waals surface area contributed by atoms with E-state index in [2.05, 4.69) is 20.5 Å². The SMILES string of the molecule is CCNC(=NCc1ccc(C)c(F)c1)NCC(C)(O)CN1CCOCC1.I. The molecule has 1 saturated heterocycles. The Hall–Kier alpha value is -0.970. The summed E-state index contributed by atoms with van der Waals surface area (Å²) in [6.07, 6.45) is 0. The number of halogens is 2. The Balaban J connectivity index is 0.00000364. The van der Waals surface area contributed by atoms with Gasteiger partial charge in [-0.15, -0.1) is 24.0 Å². The largest absolute Gasteiger partial charge is 0.387 e. The molecule has 3 N–H and O–H groups in total. The number of β-amino-alcohol motifs (C(OH)–C–C–N with tert-alkyl or cyclic N) is 1. The first-order valence-corrected chi connectivity index (χ1v) is 9.19. The lowest BCUT2D eigenvalue weighted by atomic mass is 10.1. The Morgan fingerprint density at radius 1 is 1.33 bits per heavy atom. The maximum absolute atomic E-state index is 13.7. The van der Waals surface area contributed by atoms with Gasteiger partial charge in [0.25, 0.3) is 0 Å². The lowest BCUT2D eigenvalue weighted by Crippen LogP contribution is -2.52. The summed E-state index contributed by atoms with van der Waals surface area (Å²) in [4.78, 5) is 6.69. The van der Waals surface area contributed by atoms with Crippen LogP contribution in [0.4, 0.5) is 4.39 Å². The fraction of sp³-hybridized carbons (Fsp3) is 0.632. The van der Waals surface area contributed by atoms with E-state index >= 15 is 0 Å². The molecule has 2 rings (SSSR count). The van der Waals surface area contributed by atoms with Crippen LogP contribution in [0.5, 0.6) is 0 Å². The molecule has 0 saturated carbocycles.